The van der Waals surface area contributed by atoms with E-state index in [4.69, 9.17) is 4.74 Å². The van der Waals surface area contributed by atoms with E-state index in [2.05, 4.69) is 15.9 Å². The molecule has 3 nitrogen and oxygen atoms in total. The highest BCUT2D eigenvalue weighted by Crippen LogP contribution is 2.29. The number of hydrogen-bond donors (Lipinski definition) is 0. The molecular weight excluding hydrogens is 326 g/mol. The van der Waals surface area contributed by atoms with Gasteiger partial charge in [-0.3, -0.25) is 4.79 Å². The smallest absolute Gasteiger partial charge is 0.268 e. The van der Waals surface area contributed by atoms with Crippen LogP contribution in [0.15, 0.2) is 34.1 Å². The average molecular weight is 340 g/mol. The number of methoxy groups -OCH3 is 1. The molecule has 1 heterocycles. The van der Waals surface area contributed by atoms with Crippen molar-refractivity contribution in [2.75, 3.05) is 19.1 Å². The summed E-state index contributed by atoms with van der Waals surface area (Å²) in [7, 11) is 3.39. The second-order valence-corrected chi connectivity index (χ2v) is 6.50. The molecule has 2 rings (SSSR count). The first-order chi connectivity index (χ1) is 9.02. The van der Waals surface area contributed by atoms with Crippen LogP contribution < -0.4 is 9.64 Å². The normalized spacial score (nSPS) is 10.3. The van der Waals surface area contributed by atoms with Crippen LogP contribution in [0.5, 0.6) is 5.75 Å². The topological polar surface area (TPSA) is 29.5 Å². The number of halogens is 1. The monoisotopic (exact) mass is 339 g/mol. The van der Waals surface area contributed by atoms with Crippen molar-refractivity contribution in [2.45, 2.75) is 6.92 Å². The molecule has 5 heteroatoms. The minimum Gasteiger partial charge on any atom is -0.497 e. The highest BCUT2D eigenvalue weighted by atomic mass is 79.9. The largest absolute Gasteiger partial charge is 0.497 e. The molecule has 0 aliphatic heterocycles. The molecule has 0 aliphatic rings. The molecule has 0 N–H and O–H groups in total. The van der Waals surface area contributed by atoms with E-state index >= 15 is 0 Å². The second kappa shape index (κ2) is 5.75. The SMILES string of the molecule is COc1ccc(N(C)C(=O)c2cc(C)c(Br)s2)cc1. The Balaban J connectivity index is 2.22. The van der Waals surface area contributed by atoms with Crippen molar-refractivity contribution in [3.05, 3.63) is 44.6 Å². The number of benzene rings is 1. The van der Waals surface area contributed by atoms with Crippen LogP contribution in [0, 0.1) is 6.92 Å². The van der Waals surface area contributed by atoms with Gasteiger partial charge in [-0.15, -0.1) is 11.3 Å². The van der Waals surface area contributed by atoms with E-state index in [-0.39, 0.29) is 5.91 Å². The standard InChI is InChI=1S/C14H14BrNO2S/c1-9-8-12(19-13(9)15)14(17)16(2)10-4-6-11(18-3)7-5-10/h4-8H,1-3H3. The molecule has 0 unspecified atom stereocenters. The van der Waals surface area contributed by atoms with Gasteiger partial charge in [-0.05, 0) is 58.7 Å². The molecule has 0 aliphatic carbocycles. The molecule has 0 radical (unpaired) electrons. The lowest BCUT2D eigenvalue weighted by molar-refractivity contribution is 0.0997. The highest BCUT2D eigenvalue weighted by molar-refractivity contribution is 9.11. The zero-order valence-corrected chi connectivity index (χ0v) is 13.3. The van der Waals surface area contributed by atoms with Gasteiger partial charge in [-0.1, -0.05) is 0 Å². The number of ether oxygens (including phenoxy) is 1. The fourth-order valence-electron chi connectivity index (χ4n) is 1.65. The Morgan fingerprint density at radius 1 is 1.32 bits per heavy atom. The van der Waals surface area contributed by atoms with Crippen molar-refractivity contribution in [1.82, 2.24) is 0 Å². The number of carbonyl (C=O) groups is 1. The van der Waals surface area contributed by atoms with Crippen molar-refractivity contribution in [3.8, 4) is 5.75 Å². The number of thiophene rings is 1. The molecule has 0 fully saturated rings. The summed E-state index contributed by atoms with van der Waals surface area (Å²) in [6.07, 6.45) is 0. The average Bonchev–Trinajstić information content (AvgIpc) is 2.77. The zero-order chi connectivity index (χ0) is 14.0. The van der Waals surface area contributed by atoms with E-state index in [9.17, 15) is 4.79 Å². The summed E-state index contributed by atoms with van der Waals surface area (Å²) in [6.45, 7) is 1.98. The maximum Gasteiger partial charge on any atom is 0.268 e. The van der Waals surface area contributed by atoms with Crippen molar-refractivity contribution in [1.29, 1.82) is 0 Å². The molecule has 0 atom stereocenters. The number of nitrogens with zero attached hydrogens (tertiary/aromatic N) is 1. The van der Waals surface area contributed by atoms with E-state index in [1.807, 2.05) is 37.3 Å². The summed E-state index contributed by atoms with van der Waals surface area (Å²) in [6, 6.07) is 9.32. The van der Waals surface area contributed by atoms with Crippen LogP contribution in [0.25, 0.3) is 0 Å². The van der Waals surface area contributed by atoms with E-state index in [1.165, 1.54) is 11.3 Å². The summed E-state index contributed by atoms with van der Waals surface area (Å²) in [4.78, 5) is 14.7. The minimum absolute atomic E-state index is 0.0102. The van der Waals surface area contributed by atoms with Gasteiger partial charge < -0.3 is 9.64 Å². The number of carbonyl (C=O) groups excluding carboxylic acids is 1. The van der Waals surface area contributed by atoms with Gasteiger partial charge in [0.2, 0.25) is 0 Å². The molecule has 19 heavy (non-hydrogen) atoms. The molecule has 100 valence electrons. The van der Waals surface area contributed by atoms with Gasteiger partial charge in [-0.2, -0.15) is 0 Å². The fourth-order valence-corrected chi connectivity index (χ4v) is 3.16. The number of anilines is 1. The molecular formula is C14H14BrNO2S. The van der Waals surface area contributed by atoms with E-state index in [1.54, 1.807) is 19.1 Å². The van der Waals surface area contributed by atoms with Gasteiger partial charge in [-0.25, -0.2) is 0 Å². The van der Waals surface area contributed by atoms with Crippen molar-refractivity contribution >= 4 is 38.9 Å². The maximum atomic E-state index is 12.3. The Labute approximate surface area is 124 Å². The van der Waals surface area contributed by atoms with Gasteiger partial charge in [0, 0.05) is 12.7 Å². The molecule has 0 saturated carbocycles. The Morgan fingerprint density at radius 2 is 1.95 bits per heavy atom. The molecule has 2 aromatic rings. The van der Waals surface area contributed by atoms with E-state index in [0.29, 0.717) is 0 Å². The first-order valence-electron chi connectivity index (χ1n) is 5.71. The van der Waals surface area contributed by atoms with Gasteiger partial charge in [0.1, 0.15) is 5.75 Å². The molecule has 0 saturated heterocycles. The summed E-state index contributed by atoms with van der Waals surface area (Å²) < 4.78 is 6.10. The van der Waals surface area contributed by atoms with Crippen LogP contribution in [-0.4, -0.2) is 20.1 Å². The van der Waals surface area contributed by atoms with Gasteiger partial charge in [0.05, 0.1) is 15.8 Å². The van der Waals surface area contributed by atoms with E-state index < -0.39 is 0 Å². The molecule has 1 amide bonds. The van der Waals surface area contributed by atoms with Crippen LogP contribution in [0.1, 0.15) is 15.2 Å². The summed E-state index contributed by atoms with van der Waals surface area (Å²) in [5.41, 5.74) is 1.92. The van der Waals surface area contributed by atoms with Gasteiger partial charge >= 0.3 is 0 Å². The van der Waals surface area contributed by atoms with Crippen molar-refractivity contribution < 1.29 is 9.53 Å². The number of amides is 1. The quantitative estimate of drug-likeness (QED) is 0.842. The van der Waals surface area contributed by atoms with Crippen LogP contribution in [0.3, 0.4) is 0 Å². The lowest BCUT2D eigenvalue weighted by atomic mass is 10.2. The molecule has 0 bridgehead atoms. The van der Waals surface area contributed by atoms with Crippen molar-refractivity contribution in [3.63, 3.8) is 0 Å². The summed E-state index contributed by atoms with van der Waals surface area (Å²) in [5, 5.41) is 0. The Kier molecular flexibility index (Phi) is 4.27. The minimum atomic E-state index is -0.0102. The number of hydrogen-bond acceptors (Lipinski definition) is 3. The van der Waals surface area contributed by atoms with Crippen LogP contribution >= 0.6 is 27.3 Å². The fraction of sp³-hybridized carbons (Fsp3) is 0.214. The summed E-state index contributed by atoms with van der Waals surface area (Å²) in [5.74, 6) is 0.767. The third-order valence-corrected chi connectivity index (χ3v) is 4.96. The first-order valence-corrected chi connectivity index (χ1v) is 7.32. The third-order valence-electron chi connectivity index (χ3n) is 2.83. The Morgan fingerprint density at radius 3 is 2.42 bits per heavy atom. The molecule has 1 aromatic carbocycles. The van der Waals surface area contributed by atoms with E-state index in [0.717, 1.165) is 25.7 Å². The predicted octanol–water partition coefficient (Wildman–Crippen LogP) is 4.10. The lowest BCUT2D eigenvalue weighted by Gasteiger charge is -2.16. The number of rotatable bonds is 3. The van der Waals surface area contributed by atoms with Crippen LogP contribution in [-0.2, 0) is 0 Å². The maximum absolute atomic E-state index is 12.3. The molecule has 0 spiro atoms. The Hall–Kier alpha value is -1.33. The first kappa shape index (κ1) is 14.1. The highest BCUT2D eigenvalue weighted by Gasteiger charge is 2.16. The number of aryl methyl sites for hydroxylation is 1. The van der Waals surface area contributed by atoms with Crippen molar-refractivity contribution in [2.24, 2.45) is 0 Å². The lowest BCUT2D eigenvalue weighted by Crippen LogP contribution is -2.25. The zero-order valence-electron chi connectivity index (χ0n) is 10.9. The predicted molar refractivity (Wildman–Crippen MR) is 82.5 cm³/mol. The van der Waals surface area contributed by atoms with Crippen LogP contribution in [0.2, 0.25) is 0 Å². The molecule has 1 aromatic heterocycles. The Bertz CT molecular complexity index is 572. The van der Waals surface area contributed by atoms with Gasteiger partial charge in [0.15, 0.2) is 0 Å². The second-order valence-electron chi connectivity index (χ2n) is 4.13. The van der Waals surface area contributed by atoms with Gasteiger partial charge in [0.25, 0.3) is 5.91 Å². The summed E-state index contributed by atoms with van der Waals surface area (Å²) >= 11 is 4.89. The van der Waals surface area contributed by atoms with Crippen LogP contribution in [0.4, 0.5) is 5.69 Å². The third kappa shape index (κ3) is 2.98.